The Morgan fingerprint density at radius 3 is 2.65 bits per heavy atom. The third kappa shape index (κ3) is 2.63. The molecule has 20 heavy (non-hydrogen) atoms. The van der Waals surface area contributed by atoms with Crippen LogP contribution in [0.1, 0.15) is 5.56 Å². The van der Waals surface area contributed by atoms with E-state index >= 15 is 0 Å². The summed E-state index contributed by atoms with van der Waals surface area (Å²) in [6, 6.07) is 18.7. The Labute approximate surface area is 118 Å². The minimum atomic E-state index is 0.862. The monoisotopic (exact) mass is 263 g/mol. The molecule has 0 aliphatic carbocycles. The van der Waals surface area contributed by atoms with E-state index < -0.39 is 0 Å². The Morgan fingerprint density at radius 2 is 1.85 bits per heavy atom. The lowest BCUT2D eigenvalue weighted by Crippen LogP contribution is -2.05. The molecule has 0 atom stereocenters. The summed E-state index contributed by atoms with van der Waals surface area (Å²) in [7, 11) is 1.95. The van der Waals surface area contributed by atoms with Crippen LogP contribution in [-0.4, -0.2) is 16.8 Å². The van der Waals surface area contributed by atoms with Gasteiger partial charge in [-0.2, -0.15) is 5.10 Å². The van der Waals surface area contributed by atoms with Crippen molar-refractivity contribution in [2.45, 2.75) is 6.54 Å². The number of benzene rings is 2. The molecule has 0 aliphatic rings. The molecule has 3 nitrogen and oxygen atoms in total. The number of rotatable bonds is 4. The molecule has 0 bridgehead atoms. The molecule has 100 valence electrons. The van der Waals surface area contributed by atoms with E-state index in [1.165, 1.54) is 11.1 Å². The summed E-state index contributed by atoms with van der Waals surface area (Å²) >= 11 is 0. The molecule has 0 radical (unpaired) electrons. The summed E-state index contributed by atoms with van der Waals surface area (Å²) in [4.78, 5) is 0. The Morgan fingerprint density at radius 1 is 1.00 bits per heavy atom. The van der Waals surface area contributed by atoms with Gasteiger partial charge in [0.05, 0.1) is 11.9 Å². The second-order valence-corrected chi connectivity index (χ2v) is 4.74. The maximum Gasteiger partial charge on any atom is 0.0649 e. The quantitative estimate of drug-likeness (QED) is 0.783. The van der Waals surface area contributed by atoms with Gasteiger partial charge in [-0.1, -0.05) is 42.5 Å². The van der Waals surface area contributed by atoms with Gasteiger partial charge in [-0.3, -0.25) is 0 Å². The van der Waals surface area contributed by atoms with Crippen LogP contribution in [0.2, 0.25) is 0 Å². The largest absolute Gasteiger partial charge is 0.316 e. The topological polar surface area (TPSA) is 29.9 Å². The molecule has 1 aromatic heterocycles. The minimum absolute atomic E-state index is 0.862. The van der Waals surface area contributed by atoms with Crippen molar-refractivity contribution in [1.29, 1.82) is 0 Å². The van der Waals surface area contributed by atoms with Crippen LogP contribution in [0.4, 0.5) is 0 Å². The number of hydrogen-bond donors (Lipinski definition) is 1. The Bertz CT molecular complexity index is 686. The first kappa shape index (κ1) is 12.6. The Hall–Kier alpha value is -2.39. The summed E-state index contributed by atoms with van der Waals surface area (Å²) in [5.74, 6) is 0. The van der Waals surface area contributed by atoms with Gasteiger partial charge in [-0.05, 0) is 30.3 Å². The first-order valence-corrected chi connectivity index (χ1v) is 6.71. The SMILES string of the molecule is CNCc1cccc(-n2cc(-c3ccccc3)cn2)c1. The fourth-order valence-electron chi connectivity index (χ4n) is 2.26. The van der Waals surface area contributed by atoms with Gasteiger partial charge in [0.1, 0.15) is 0 Å². The van der Waals surface area contributed by atoms with Crippen molar-refractivity contribution in [3.63, 3.8) is 0 Å². The average molecular weight is 263 g/mol. The standard InChI is InChI=1S/C17H17N3/c1-18-11-14-6-5-9-17(10-14)20-13-16(12-19-20)15-7-3-2-4-8-15/h2-10,12-13,18H,11H2,1H3. The normalized spacial score (nSPS) is 10.7. The third-order valence-electron chi connectivity index (χ3n) is 3.25. The Kier molecular flexibility index (Phi) is 3.61. The smallest absolute Gasteiger partial charge is 0.0649 e. The molecule has 3 aromatic rings. The van der Waals surface area contributed by atoms with E-state index in [9.17, 15) is 0 Å². The fraction of sp³-hybridized carbons (Fsp3) is 0.118. The van der Waals surface area contributed by atoms with Crippen molar-refractivity contribution in [3.8, 4) is 16.8 Å². The van der Waals surface area contributed by atoms with Crippen molar-refractivity contribution in [2.75, 3.05) is 7.05 Å². The lowest BCUT2D eigenvalue weighted by Gasteiger charge is -2.04. The van der Waals surface area contributed by atoms with Gasteiger partial charge in [0.15, 0.2) is 0 Å². The highest BCUT2D eigenvalue weighted by Gasteiger charge is 2.03. The summed E-state index contributed by atoms with van der Waals surface area (Å²) in [6.07, 6.45) is 3.97. The summed E-state index contributed by atoms with van der Waals surface area (Å²) in [5.41, 5.74) is 4.65. The van der Waals surface area contributed by atoms with E-state index in [2.05, 4.69) is 53.0 Å². The molecular weight excluding hydrogens is 246 g/mol. The molecular formula is C17H17N3. The number of aromatic nitrogens is 2. The molecule has 0 aliphatic heterocycles. The lowest BCUT2D eigenvalue weighted by atomic mass is 10.1. The van der Waals surface area contributed by atoms with E-state index in [1.54, 1.807) is 0 Å². The molecule has 2 aromatic carbocycles. The van der Waals surface area contributed by atoms with E-state index in [4.69, 9.17) is 0 Å². The highest BCUT2D eigenvalue weighted by Crippen LogP contribution is 2.19. The number of nitrogens with one attached hydrogen (secondary N) is 1. The molecule has 3 heteroatoms. The highest BCUT2D eigenvalue weighted by molar-refractivity contribution is 5.62. The zero-order valence-electron chi connectivity index (χ0n) is 11.5. The average Bonchev–Trinajstić information content (AvgIpc) is 2.99. The highest BCUT2D eigenvalue weighted by atomic mass is 15.3. The van der Waals surface area contributed by atoms with E-state index in [0.717, 1.165) is 17.8 Å². The van der Waals surface area contributed by atoms with Gasteiger partial charge in [0.25, 0.3) is 0 Å². The predicted molar refractivity (Wildman–Crippen MR) is 81.8 cm³/mol. The number of nitrogens with zero attached hydrogens (tertiary/aromatic N) is 2. The van der Waals surface area contributed by atoms with Gasteiger partial charge in [0, 0.05) is 18.3 Å². The van der Waals surface area contributed by atoms with Crippen molar-refractivity contribution in [3.05, 3.63) is 72.6 Å². The van der Waals surface area contributed by atoms with Gasteiger partial charge < -0.3 is 5.32 Å². The second kappa shape index (κ2) is 5.72. The number of hydrogen-bond acceptors (Lipinski definition) is 2. The van der Waals surface area contributed by atoms with Crippen molar-refractivity contribution in [1.82, 2.24) is 15.1 Å². The minimum Gasteiger partial charge on any atom is -0.316 e. The molecule has 0 amide bonds. The molecule has 0 saturated heterocycles. The molecule has 0 fully saturated rings. The van der Waals surface area contributed by atoms with Gasteiger partial charge in [-0.25, -0.2) is 4.68 Å². The molecule has 0 unspecified atom stereocenters. The molecule has 1 N–H and O–H groups in total. The van der Waals surface area contributed by atoms with Crippen LogP contribution in [0.25, 0.3) is 16.8 Å². The third-order valence-corrected chi connectivity index (χ3v) is 3.25. The zero-order chi connectivity index (χ0) is 13.8. The van der Waals surface area contributed by atoms with Gasteiger partial charge in [-0.15, -0.1) is 0 Å². The van der Waals surface area contributed by atoms with E-state index in [0.29, 0.717) is 0 Å². The first-order valence-electron chi connectivity index (χ1n) is 6.71. The van der Waals surface area contributed by atoms with Gasteiger partial charge in [0.2, 0.25) is 0 Å². The van der Waals surface area contributed by atoms with Crippen LogP contribution in [0.3, 0.4) is 0 Å². The Balaban J connectivity index is 1.92. The lowest BCUT2D eigenvalue weighted by molar-refractivity contribution is 0.811. The van der Waals surface area contributed by atoms with Gasteiger partial charge >= 0.3 is 0 Å². The van der Waals surface area contributed by atoms with E-state index in [1.807, 2.05) is 36.1 Å². The summed E-state index contributed by atoms with van der Waals surface area (Å²) < 4.78 is 1.92. The van der Waals surface area contributed by atoms with Crippen LogP contribution in [0.15, 0.2) is 67.0 Å². The summed E-state index contributed by atoms with van der Waals surface area (Å²) in [6.45, 7) is 0.862. The molecule has 3 rings (SSSR count). The van der Waals surface area contributed by atoms with Crippen LogP contribution in [-0.2, 0) is 6.54 Å². The van der Waals surface area contributed by atoms with Crippen molar-refractivity contribution >= 4 is 0 Å². The summed E-state index contributed by atoms with van der Waals surface area (Å²) in [5, 5.41) is 7.62. The van der Waals surface area contributed by atoms with E-state index in [-0.39, 0.29) is 0 Å². The first-order chi connectivity index (χ1) is 9.86. The zero-order valence-corrected chi connectivity index (χ0v) is 11.5. The van der Waals surface area contributed by atoms with Crippen LogP contribution in [0.5, 0.6) is 0 Å². The van der Waals surface area contributed by atoms with Crippen LogP contribution >= 0.6 is 0 Å². The second-order valence-electron chi connectivity index (χ2n) is 4.74. The maximum atomic E-state index is 4.46. The molecule has 1 heterocycles. The predicted octanol–water partition coefficient (Wildman–Crippen LogP) is 3.26. The van der Waals surface area contributed by atoms with Crippen LogP contribution in [0, 0.1) is 0 Å². The molecule has 0 saturated carbocycles. The van der Waals surface area contributed by atoms with Crippen LogP contribution < -0.4 is 5.32 Å². The van der Waals surface area contributed by atoms with Crippen molar-refractivity contribution < 1.29 is 0 Å². The molecule has 0 spiro atoms. The fourth-order valence-corrected chi connectivity index (χ4v) is 2.26. The van der Waals surface area contributed by atoms with Crippen molar-refractivity contribution in [2.24, 2.45) is 0 Å². The maximum absolute atomic E-state index is 4.46.